The van der Waals surface area contributed by atoms with Gasteiger partial charge in [-0.1, -0.05) is 35.3 Å². The molecule has 2 saturated heterocycles. The zero-order chi connectivity index (χ0) is 26.1. The summed E-state index contributed by atoms with van der Waals surface area (Å²) in [5, 5.41) is 0.799. The zero-order valence-corrected chi connectivity index (χ0v) is 22.9. The molecular formula is C28H33Cl2N5O2. The van der Waals surface area contributed by atoms with E-state index in [1.807, 2.05) is 11.0 Å². The van der Waals surface area contributed by atoms with Gasteiger partial charge in [-0.25, -0.2) is 4.98 Å². The van der Waals surface area contributed by atoms with Gasteiger partial charge in [-0.05, 0) is 70.1 Å². The van der Waals surface area contributed by atoms with Gasteiger partial charge in [0.15, 0.2) is 0 Å². The minimum atomic E-state index is -0.0774. The second kappa shape index (κ2) is 11.0. The highest BCUT2D eigenvalue weighted by molar-refractivity contribution is 6.42. The molecule has 3 heterocycles. The van der Waals surface area contributed by atoms with Crippen LogP contribution in [0.3, 0.4) is 0 Å². The molecule has 2 aromatic carbocycles. The van der Waals surface area contributed by atoms with E-state index in [2.05, 4.69) is 41.5 Å². The summed E-state index contributed by atoms with van der Waals surface area (Å²) in [5.74, 6) is 1.27. The summed E-state index contributed by atoms with van der Waals surface area (Å²) in [6, 6.07) is 13.6. The van der Waals surface area contributed by atoms with Gasteiger partial charge < -0.3 is 14.4 Å². The molecule has 196 valence electrons. The number of rotatable bonds is 5. The number of piperidine rings is 1. The lowest BCUT2D eigenvalue weighted by atomic mass is 9.95. The van der Waals surface area contributed by atoms with E-state index in [4.69, 9.17) is 28.2 Å². The molecule has 0 unspecified atom stereocenters. The maximum absolute atomic E-state index is 13.3. The monoisotopic (exact) mass is 541 g/mol. The minimum absolute atomic E-state index is 0.0393. The van der Waals surface area contributed by atoms with E-state index >= 15 is 0 Å². The quantitative estimate of drug-likeness (QED) is 0.449. The Morgan fingerprint density at radius 2 is 1.59 bits per heavy atom. The molecule has 1 aromatic heterocycles. The number of hydrogen-bond donors (Lipinski definition) is 0. The number of likely N-dealkylation sites (tertiary alicyclic amines) is 1. The first-order chi connectivity index (χ1) is 17.8. The third-order valence-electron chi connectivity index (χ3n) is 7.53. The van der Waals surface area contributed by atoms with Gasteiger partial charge in [-0.3, -0.25) is 14.5 Å². The van der Waals surface area contributed by atoms with Gasteiger partial charge >= 0.3 is 0 Å². The number of piperazine rings is 1. The number of para-hydroxylation sites is 2. The van der Waals surface area contributed by atoms with Gasteiger partial charge in [0, 0.05) is 43.7 Å². The van der Waals surface area contributed by atoms with Gasteiger partial charge in [0.05, 0.1) is 27.6 Å². The summed E-state index contributed by atoms with van der Waals surface area (Å²) in [6.45, 7) is 9.12. The van der Waals surface area contributed by atoms with E-state index in [9.17, 15) is 9.59 Å². The molecule has 0 saturated carbocycles. The molecular weight excluding hydrogens is 509 g/mol. The number of aromatic nitrogens is 2. The molecule has 2 fully saturated rings. The summed E-state index contributed by atoms with van der Waals surface area (Å²) in [5.41, 5.74) is 2.73. The van der Waals surface area contributed by atoms with Crippen molar-refractivity contribution in [1.82, 2.24) is 24.3 Å². The van der Waals surface area contributed by atoms with Crippen molar-refractivity contribution in [3.05, 3.63) is 63.9 Å². The van der Waals surface area contributed by atoms with Crippen molar-refractivity contribution in [1.29, 1.82) is 0 Å². The summed E-state index contributed by atoms with van der Waals surface area (Å²) < 4.78 is 2.32. The number of carbonyl (C=O) groups excluding carboxylic acids is 2. The molecule has 2 amide bonds. The van der Waals surface area contributed by atoms with Crippen LogP contribution in [0.2, 0.25) is 10.0 Å². The molecule has 37 heavy (non-hydrogen) atoms. The van der Waals surface area contributed by atoms with Gasteiger partial charge in [-0.15, -0.1) is 0 Å². The van der Waals surface area contributed by atoms with Crippen LogP contribution in [0.1, 0.15) is 48.9 Å². The average molecular weight is 543 g/mol. The Morgan fingerprint density at radius 1 is 0.919 bits per heavy atom. The number of carbonyl (C=O) groups is 2. The number of hydrogen-bond acceptors (Lipinski definition) is 4. The lowest BCUT2D eigenvalue weighted by Gasteiger charge is -2.38. The highest BCUT2D eigenvalue weighted by Gasteiger charge is 2.32. The standard InChI is InChI=1S/C28H33Cl2N5O2/c1-19(2)35-25-6-4-3-5-24(25)31-26(35)18-32-11-9-20(10-12-32)27(36)33-13-15-34(16-14-33)28(37)21-7-8-22(29)23(30)17-21/h3-8,17,19-20H,9-16,18H2,1-2H3. The van der Waals surface area contributed by atoms with Crippen LogP contribution < -0.4 is 0 Å². The molecule has 0 N–H and O–H groups in total. The van der Waals surface area contributed by atoms with E-state index in [1.54, 1.807) is 23.1 Å². The molecule has 0 aliphatic carbocycles. The first-order valence-electron chi connectivity index (χ1n) is 13.0. The van der Waals surface area contributed by atoms with E-state index in [1.165, 1.54) is 5.52 Å². The van der Waals surface area contributed by atoms with Gasteiger partial charge in [0.25, 0.3) is 5.91 Å². The lowest BCUT2D eigenvalue weighted by molar-refractivity contribution is -0.138. The predicted molar refractivity (Wildman–Crippen MR) is 147 cm³/mol. The first-order valence-corrected chi connectivity index (χ1v) is 13.8. The predicted octanol–water partition coefficient (Wildman–Crippen LogP) is 5.12. The average Bonchev–Trinajstić information content (AvgIpc) is 3.28. The number of fused-ring (bicyclic) bond motifs is 1. The van der Waals surface area contributed by atoms with Crippen LogP contribution in [0.25, 0.3) is 11.0 Å². The van der Waals surface area contributed by atoms with Crippen LogP contribution in [0.4, 0.5) is 0 Å². The molecule has 2 aliphatic heterocycles. The largest absolute Gasteiger partial charge is 0.339 e. The SMILES string of the molecule is CC(C)n1c(CN2CCC(C(=O)N3CCN(C(=O)c4ccc(Cl)c(Cl)c4)CC3)CC2)nc2ccccc21. The molecule has 0 atom stereocenters. The summed E-state index contributed by atoms with van der Waals surface area (Å²) in [7, 11) is 0. The van der Waals surface area contributed by atoms with Crippen LogP contribution in [0.15, 0.2) is 42.5 Å². The van der Waals surface area contributed by atoms with Crippen molar-refractivity contribution in [2.45, 2.75) is 39.3 Å². The van der Waals surface area contributed by atoms with Crippen molar-refractivity contribution >= 4 is 46.0 Å². The summed E-state index contributed by atoms with van der Waals surface area (Å²) in [6.07, 6.45) is 1.70. The Bertz CT molecular complexity index is 1290. The number of amides is 2. The summed E-state index contributed by atoms with van der Waals surface area (Å²) in [4.78, 5) is 37.2. The molecule has 0 spiro atoms. The normalized spacial score (nSPS) is 17.6. The Hall–Kier alpha value is -2.61. The highest BCUT2D eigenvalue weighted by atomic mass is 35.5. The lowest BCUT2D eigenvalue weighted by Crippen LogP contribution is -2.53. The van der Waals surface area contributed by atoms with E-state index in [0.29, 0.717) is 47.8 Å². The fourth-order valence-electron chi connectivity index (χ4n) is 5.52. The van der Waals surface area contributed by atoms with Crippen molar-refractivity contribution in [3.63, 3.8) is 0 Å². The van der Waals surface area contributed by atoms with E-state index < -0.39 is 0 Å². The van der Waals surface area contributed by atoms with Crippen LogP contribution >= 0.6 is 23.2 Å². The van der Waals surface area contributed by atoms with Crippen LogP contribution in [0, 0.1) is 5.92 Å². The fraction of sp³-hybridized carbons (Fsp3) is 0.464. The van der Waals surface area contributed by atoms with Gasteiger partial charge in [0.1, 0.15) is 5.82 Å². The number of benzene rings is 2. The third kappa shape index (κ3) is 5.49. The first kappa shape index (κ1) is 26.0. The Labute approximate surface area is 227 Å². The minimum Gasteiger partial charge on any atom is -0.339 e. The second-order valence-corrected chi connectivity index (χ2v) is 11.1. The van der Waals surface area contributed by atoms with Crippen LogP contribution in [-0.4, -0.2) is 75.3 Å². The van der Waals surface area contributed by atoms with Crippen molar-refractivity contribution in [2.75, 3.05) is 39.3 Å². The molecule has 9 heteroatoms. The smallest absolute Gasteiger partial charge is 0.254 e. The van der Waals surface area contributed by atoms with E-state index in [0.717, 1.165) is 43.8 Å². The fourth-order valence-corrected chi connectivity index (χ4v) is 5.82. The van der Waals surface area contributed by atoms with Crippen molar-refractivity contribution < 1.29 is 9.59 Å². The maximum atomic E-state index is 13.3. The third-order valence-corrected chi connectivity index (χ3v) is 8.27. The van der Waals surface area contributed by atoms with Crippen molar-refractivity contribution in [2.24, 2.45) is 5.92 Å². The molecule has 7 nitrogen and oxygen atoms in total. The number of imidazole rings is 1. The molecule has 0 radical (unpaired) electrons. The van der Waals surface area contributed by atoms with Gasteiger partial charge in [-0.2, -0.15) is 0 Å². The zero-order valence-electron chi connectivity index (χ0n) is 21.4. The van der Waals surface area contributed by atoms with E-state index in [-0.39, 0.29) is 17.7 Å². The summed E-state index contributed by atoms with van der Waals surface area (Å²) >= 11 is 12.1. The highest BCUT2D eigenvalue weighted by Crippen LogP contribution is 2.26. The molecule has 0 bridgehead atoms. The topological polar surface area (TPSA) is 61.7 Å². The van der Waals surface area contributed by atoms with Crippen LogP contribution in [-0.2, 0) is 11.3 Å². The van der Waals surface area contributed by atoms with Gasteiger partial charge in [0.2, 0.25) is 5.91 Å². The Morgan fingerprint density at radius 3 is 2.27 bits per heavy atom. The molecule has 2 aliphatic rings. The Kier molecular flexibility index (Phi) is 7.75. The number of nitrogens with zero attached hydrogens (tertiary/aromatic N) is 5. The Balaban J connectivity index is 1.13. The molecule has 3 aromatic rings. The maximum Gasteiger partial charge on any atom is 0.254 e. The molecule has 5 rings (SSSR count). The van der Waals surface area contributed by atoms with Crippen LogP contribution in [0.5, 0.6) is 0 Å². The van der Waals surface area contributed by atoms with Crippen molar-refractivity contribution in [3.8, 4) is 0 Å². The second-order valence-electron chi connectivity index (χ2n) is 10.3. The number of halogens is 2.